The predicted molar refractivity (Wildman–Crippen MR) is 56.7 cm³/mol. The Balaban J connectivity index is 2.79. The van der Waals surface area contributed by atoms with Crippen LogP contribution in [0.25, 0.3) is 0 Å². The molecule has 2 nitrogen and oxygen atoms in total. The van der Waals surface area contributed by atoms with Crippen molar-refractivity contribution in [1.82, 2.24) is 4.31 Å². The lowest BCUT2D eigenvalue weighted by Crippen LogP contribution is -2.23. The minimum Gasteiger partial charge on any atom is -0.243 e. The summed E-state index contributed by atoms with van der Waals surface area (Å²) in [5.41, 5.74) is 1.19. The van der Waals surface area contributed by atoms with Crippen LogP contribution in [0, 0.1) is 0 Å². The van der Waals surface area contributed by atoms with Crippen LogP contribution in [-0.2, 0) is 11.0 Å². The molecule has 13 heavy (non-hydrogen) atoms. The van der Waals surface area contributed by atoms with E-state index < -0.39 is 11.0 Å². The van der Waals surface area contributed by atoms with Crippen molar-refractivity contribution in [2.24, 2.45) is 0 Å². The van der Waals surface area contributed by atoms with Crippen LogP contribution in [0.2, 0.25) is 0 Å². The van der Waals surface area contributed by atoms with Crippen LogP contribution in [0.1, 0.15) is 18.5 Å². The second-order valence-corrected chi connectivity index (χ2v) is 4.48. The molecule has 2 atom stereocenters. The van der Waals surface area contributed by atoms with E-state index >= 15 is 0 Å². The SMILES string of the molecule is CC(c1ccccc1)N(C)S(C)=O. The molecular weight excluding hydrogens is 182 g/mol. The third-order valence-electron chi connectivity index (χ3n) is 2.23. The zero-order valence-corrected chi connectivity index (χ0v) is 9.04. The van der Waals surface area contributed by atoms with Gasteiger partial charge in [-0.2, -0.15) is 0 Å². The molecule has 0 N–H and O–H groups in total. The Morgan fingerprint density at radius 2 is 1.85 bits per heavy atom. The molecule has 0 aliphatic rings. The monoisotopic (exact) mass is 197 g/mol. The summed E-state index contributed by atoms with van der Waals surface area (Å²) < 4.78 is 13.0. The first-order chi connectivity index (χ1) is 6.13. The van der Waals surface area contributed by atoms with Gasteiger partial charge < -0.3 is 0 Å². The fraction of sp³-hybridized carbons (Fsp3) is 0.400. The normalized spacial score (nSPS) is 15.7. The average Bonchev–Trinajstić information content (AvgIpc) is 2.17. The van der Waals surface area contributed by atoms with Crippen molar-refractivity contribution in [2.75, 3.05) is 13.3 Å². The van der Waals surface area contributed by atoms with E-state index in [2.05, 4.69) is 6.92 Å². The lowest BCUT2D eigenvalue weighted by Gasteiger charge is -2.21. The maximum absolute atomic E-state index is 11.2. The third kappa shape index (κ3) is 2.64. The molecule has 1 aromatic carbocycles. The first-order valence-corrected chi connectivity index (χ1v) is 5.75. The summed E-state index contributed by atoms with van der Waals surface area (Å²) in [5.74, 6) is 0. The molecule has 0 saturated carbocycles. The molecule has 1 aromatic rings. The summed E-state index contributed by atoms with van der Waals surface area (Å²) in [6, 6.07) is 10.3. The van der Waals surface area contributed by atoms with Crippen molar-refractivity contribution in [1.29, 1.82) is 0 Å². The van der Waals surface area contributed by atoms with Gasteiger partial charge in [-0.3, -0.25) is 0 Å². The highest BCUT2D eigenvalue weighted by Crippen LogP contribution is 2.18. The number of hydrogen-bond donors (Lipinski definition) is 0. The van der Waals surface area contributed by atoms with Gasteiger partial charge in [0.1, 0.15) is 0 Å². The van der Waals surface area contributed by atoms with E-state index in [-0.39, 0.29) is 6.04 Å². The molecule has 0 saturated heterocycles. The Labute approximate surface area is 82.2 Å². The summed E-state index contributed by atoms with van der Waals surface area (Å²) in [5, 5.41) is 0. The summed E-state index contributed by atoms with van der Waals surface area (Å²) >= 11 is 0. The van der Waals surface area contributed by atoms with E-state index in [0.717, 1.165) is 0 Å². The minimum absolute atomic E-state index is 0.201. The zero-order valence-electron chi connectivity index (χ0n) is 8.23. The Bertz CT molecular complexity index is 286. The van der Waals surface area contributed by atoms with Crippen molar-refractivity contribution < 1.29 is 4.21 Å². The maximum atomic E-state index is 11.2. The molecule has 0 aromatic heterocycles. The fourth-order valence-electron chi connectivity index (χ4n) is 1.16. The van der Waals surface area contributed by atoms with Gasteiger partial charge in [0.25, 0.3) is 0 Å². The topological polar surface area (TPSA) is 20.3 Å². The van der Waals surface area contributed by atoms with E-state index in [1.807, 2.05) is 41.7 Å². The first kappa shape index (κ1) is 10.4. The van der Waals surface area contributed by atoms with E-state index in [1.165, 1.54) is 5.56 Å². The Kier molecular flexibility index (Phi) is 3.63. The maximum Gasteiger partial charge on any atom is 0.0913 e. The minimum atomic E-state index is -0.908. The largest absolute Gasteiger partial charge is 0.243 e. The van der Waals surface area contributed by atoms with Crippen LogP contribution in [0.15, 0.2) is 30.3 Å². The molecule has 0 aliphatic heterocycles. The lowest BCUT2D eigenvalue weighted by atomic mass is 10.1. The summed E-state index contributed by atoms with van der Waals surface area (Å²) in [6.07, 6.45) is 1.69. The van der Waals surface area contributed by atoms with Crippen molar-refractivity contribution >= 4 is 11.0 Å². The number of benzene rings is 1. The smallest absolute Gasteiger partial charge is 0.0913 e. The van der Waals surface area contributed by atoms with Crippen LogP contribution in [0.3, 0.4) is 0 Å². The highest BCUT2D eigenvalue weighted by Gasteiger charge is 2.13. The Morgan fingerprint density at radius 3 is 2.31 bits per heavy atom. The van der Waals surface area contributed by atoms with Gasteiger partial charge in [0, 0.05) is 19.3 Å². The number of hydrogen-bond acceptors (Lipinski definition) is 1. The van der Waals surface area contributed by atoms with Crippen molar-refractivity contribution in [3.8, 4) is 0 Å². The van der Waals surface area contributed by atoms with Crippen molar-refractivity contribution in [2.45, 2.75) is 13.0 Å². The number of rotatable bonds is 3. The van der Waals surface area contributed by atoms with Gasteiger partial charge in [-0.05, 0) is 12.5 Å². The molecule has 0 fully saturated rings. The van der Waals surface area contributed by atoms with Gasteiger partial charge in [0.05, 0.1) is 11.0 Å². The molecule has 0 aliphatic carbocycles. The van der Waals surface area contributed by atoms with Crippen LogP contribution in [-0.4, -0.2) is 21.8 Å². The lowest BCUT2D eigenvalue weighted by molar-refractivity contribution is 0.431. The summed E-state index contributed by atoms with van der Waals surface area (Å²) in [6.45, 7) is 2.05. The predicted octanol–water partition coefficient (Wildman–Crippen LogP) is 1.97. The molecule has 0 spiro atoms. The highest BCUT2D eigenvalue weighted by molar-refractivity contribution is 7.81. The van der Waals surface area contributed by atoms with Gasteiger partial charge in [0.15, 0.2) is 0 Å². The molecular formula is C10H15NOS. The molecule has 72 valence electrons. The molecule has 3 heteroatoms. The van der Waals surface area contributed by atoms with Crippen LogP contribution in [0.5, 0.6) is 0 Å². The van der Waals surface area contributed by atoms with Crippen LogP contribution in [0.4, 0.5) is 0 Å². The van der Waals surface area contributed by atoms with Crippen LogP contribution < -0.4 is 0 Å². The van der Waals surface area contributed by atoms with Gasteiger partial charge in [-0.25, -0.2) is 8.51 Å². The van der Waals surface area contributed by atoms with E-state index in [9.17, 15) is 4.21 Å². The van der Waals surface area contributed by atoms with Gasteiger partial charge in [0.2, 0.25) is 0 Å². The molecule has 0 radical (unpaired) electrons. The Hall–Kier alpha value is -0.670. The standard InChI is InChI=1S/C10H15NOS/c1-9(11(2)13(3)12)10-7-5-4-6-8-10/h4-9H,1-3H3. The van der Waals surface area contributed by atoms with E-state index in [0.29, 0.717) is 0 Å². The molecule has 0 heterocycles. The fourth-order valence-corrected chi connectivity index (χ4v) is 1.73. The van der Waals surface area contributed by atoms with E-state index in [4.69, 9.17) is 0 Å². The van der Waals surface area contributed by atoms with Gasteiger partial charge in [-0.15, -0.1) is 0 Å². The molecule has 0 bridgehead atoms. The van der Waals surface area contributed by atoms with Gasteiger partial charge >= 0.3 is 0 Å². The highest BCUT2D eigenvalue weighted by atomic mass is 32.2. The molecule has 1 rings (SSSR count). The number of nitrogens with zero attached hydrogens (tertiary/aromatic N) is 1. The first-order valence-electron chi connectivity index (χ1n) is 4.24. The van der Waals surface area contributed by atoms with E-state index in [1.54, 1.807) is 6.26 Å². The Morgan fingerprint density at radius 1 is 1.31 bits per heavy atom. The quantitative estimate of drug-likeness (QED) is 0.725. The second kappa shape index (κ2) is 4.53. The average molecular weight is 197 g/mol. The van der Waals surface area contributed by atoms with Crippen molar-refractivity contribution in [3.63, 3.8) is 0 Å². The van der Waals surface area contributed by atoms with Crippen LogP contribution >= 0.6 is 0 Å². The van der Waals surface area contributed by atoms with Crippen molar-refractivity contribution in [3.05, 3.63) is 35.9 Å². The third-order valence-corrected chi connectivity index (χ3v) is 3.36. The summed E-state index contributed by atoms with van der Waals surface area (Å²) in [4.78, 5) is 0. The van der Waals surface area contributed by atoms with Gasteiger partial charge in [-0.1, -0.05) is 30.3 Å². The molecule has 0 amide bonds. The zero-order chi connectivity index (χ0) is 9.84. The second-order valence-electron chi connectivity index (χ2n) is 3.06. The summed E-state index contributed by atoms with van der Waals surface area (Å²) in [7, 11) is 0.961. The molecule has 2 unspecified atom stereocenters.